The van der Waals surface area contributed by atoms with Gasteiger partial charge in [0, 0.05) is 5.56 Å². The highest BCUT2D eigenvalue weighted by Crippen LogP contribution is 2.54. The molecule has 0 spiro atoms. The molecular formula is C45H69O3P. The van der Waals surface area contributed by atoms with E-state index in [1.807, 2.05) is 6.07 Å². The second-order valence-corrected chi connectivity index (χ2v) is 18.5. The molecule has 3 aromatic carbocycles. The Morgan fingerprint density at radius 3 is 1.14 bits per heavy atom. The van der Waals surface area contributed by atoms with Crippen molar-refractivity contribution in [3.05, 3.63) is 75.3 Å². The summed E-state index contributed by atoms with van der Waals surface area (Å²) in [7, 11) is -2.64. The maximum Gasteiger partial charge on any atom is 0.391 e. The molecule has 0 radical (unpaired) electrons. The fourth-order valence-electron chi connectivity index (χ4n) is 7.22. The Labute approximate surface area is 302 Å². The van der Waals surface area contributed by atoms with Gasteiger partial charge in [0.2, 0.25) is 0 Å². The normalized spacial score (nSPS) is 13.4. The fourth-order valence-corrected chi connectivity index (χ4v) is 7.55. The molecule has 0 bridgehead atoms. The Hall–Kier alpha value is -2.19. The lowest BCUT2D eigenvalue weighted by Gasteiger charge is -2.37. The van der Waals surface area contributed by atoms with Crippen molar-refractivity contribution in [1.82, 2.24) is 0 Å². The first-order valence-corrected chi connectivity index (χ1v) is 20.0. The molecule has 0 fully saturated rings. The SMILES string of the molecule is CCC(C)(C)c1cc(C(C)(C)CC)c(-c2c(OP(O)O)ccc(C(C)(C)CC)c2-c2cc(C)c(C(C)(C)CC)cc2C(C)(C)CC)cc1C. The molecule has 4 heteroatoms. The van der Waals surface area contributed by atoms with Gasteiger partial charge in [0.1, 0.15) is 5.75 Å². The second-order valence-electron chi connectivity index (χ2n) is 17.8. The van der Waals surface area contributed by atoms with Crippen molar-refractivity contribution in [2.75, 3.05) is 0 Å². The van der Waals surface area contributed by atoms with E-state index in [9.17, 15) is 9.79 Å². The van der Waals surface area contributed by atoms with Crippen molar-refractivity contribution in [2.45, 2.75) is 177 Å². The van der Waals surface area contributed by atoms with Crippen molar-refractivity contribution >= 4 is 8.60 Å². The summed E-state index contributed by atoms with van der Waals surface area (Å²) in [5, 5.41) is 0. The molecular weight excluding hydrogens is 619 g/mol. The number of benzene rings is 3. The molecule has 0 aliphatic rings. The highest BCUT2D eigenvalue weighted by atomic mass is 31.2. The van der Waals surface area contributed by atoms with Crippen molar-refractivity contribution in [3.63, 3.8) is 0 Å². The number of rotatable bonds is 14. The summed E-state index contributed by atoms with van der Waals surface area (Å²) in [4.78, 5) is 20.9. The first-order valence-electron chi connectivity index (χ1n) is 18.8. The van der Waals surface area contributed by atoms with E-state index >= 15 is 0 Å². The van der Waals surface area contributed by atoms with Gasteiger partial charge in [-0.1, -0.05) is 134 Å². The standard InChI is InChI=1S/C45H69O3P/c1-18-41(8,9)33-23-24-38(48-49(46)47)40(32-26-30(7)35(43(12,13)20-3)28-37(32)45(16,17)22-5)39(33)31-25-29(6)34(42(10,11)19-2)27-36(31)44(14,15)21-4/h23-28,46-47H,18-22H2,1-17H3. The Morgan fingerprint density at radius 2 is 0.796 bits per heavy atom. The average Bonchev–Trinajstić information content (AvgIpc) is 3.03. The first-order chi connectivity index (χ1) is 22.5. The van der Waals surface area contributed by atoms with Gasteiger partial charge < -0.3 is 14.3 Å². The molecule has 0 aliphatic carbocycles. The molecule has 0 aliphatic heterocycles. The third-order valence-electron chi connectivity index (χ3n) is 12.7. The van der Waals surface area contributed by atoms with Gasteiger partial charge in [-0.15, -0.1) is 0 Å². The van der Waals surface area contributed by atoms with Crippen LogP contribution in [0.5, 0.6) is 5.75 Å². The van der Waals surface area contributed by atoms with Crippen LogP contribution in [0.3, 0.4) is 0 Å². The van der Waals surface area contributed by atoms with E-state index < -0.39 is 8.60 Å². The summed E-state index contributed by atoms with van der Waals surface area (Å²) in [6, 6.07) is 13.9. The Morgan fingerprint density at radius 1 is 0.469 bits per heavy atom. The lowest BCUT2D eigenvalue weighted by Crippen LogP contribution is -2.24. The van der Waals surface area contributed by atoms with Gasteiger partial charge in [0.05, 0.1) is 0 Å². The van der Waals surface area contributed by atoms with Gasteiger partial charge >= 0.3 is 8.60 Å². The van der Waals surface area contributed by atoms with Crippen LogP contribution < -0.4 is 4.52 Å². The molecule has 0 amide bonds. The van der Waals surface area contributed by atoms with Crippen LogP contribution in [0.1, 0.15) is 175 Å². The topological polar surface area (TPSA) is 49.7 Å². The lowest BCUT2D eigenvalue weighted by atomic mass is 9.68. The molecule has 3 nitrogen and oxygen atoms in total. The van der Waals surface area contributed by atoms with E-state index in [4.69, 9.17) is 4.52 Å². The van der Waals surface area contributed by atoms with E-state index in [1.54, 1.807) is 0 Å². The van der Waals surface area contributed by atoms with Crippen LogP contribution in [0.15, 0.2) is 36.4 Å². The number of hydrogen-bond donors (Lipinski definition) is 2. The van der Waals surface area contributed by atoms with Crippen molar-refractivity contribution in [1.29, 1.82) is 0 Å². The fraction of sp³-hybridized carbons (Fsp3) is 0.600. The largest absolute Gasteiger partial charge is 0.426 e. The van der Waals surface area contributed by atoms with Crippen LogP contribution in [-0.2, 0) is 27.1 Å². The minimum atomic E-state index is -2.64. The van der Waals surface area contributed by atoms with Crippen LogP contribution in [0.2, 0.25) is 0 Å². The van der Waals surface area contributed by atoms with Crippen molar-refractivity contribution in [3.8, 4) is 28.0 Å². The van der Waals surface area contributed by atoms with Crippen LogP contribution in [0, 0.1) is 13.8 Å². The predicted octanol–water partition coefficient (Wildman–Crippen LogP) is 13.7. The number of aryl methyl sites for hydroxylation is 2. The molecule has 49 heavy (non-hydrogen) atoms. The molecule has 0 unspecified atom stereocenters. The van der Waals surface area contributed by atoms with Crippen molar-refractivity contribution in [2.24, 2.45) is 0 Å². The summed E-state index contributed by atoms with van der Waals surface area (Å²) >= 11 is 0. The molecule has 0 aromatic heterocycles. The molecule has 0 atom stereocenters. The zero-order valence-electron chi connectivity index (χ0n) is 34.2. The quantitative estimate of drug-likeness (QED) is 0.166. The van der Waals surface area contributed by atoms with E-state index in [1.165, 1.54) is 44.5 Å². The summed E-state index contributed by atoms with van der Waals surface area (Å²) in [6.45, 7) is 39.4. The summed E-state index contributed by atoms with van der Waals surface area (Å²) in [5.74, 6) is 0.521. The van der Waals surface area contributed by atoms with Crippen LogP contribution >= 0.6 is 8.60 Å². The monoisotopic (exact) mass is 688 g/mol. The van der Waals surface area contributed by atoms with Gasteiger partial charge in [0.25, 0.3) is 0 Å². The zero-order chi connectivity index (χ0) is 37.5. The second kappa shape index (κ2) is 14.8. The summed E-state index contributed by atoms with van der Waals surface area (Å²) in [5.41, 5.74) is 13.2. The molecule has 2 N–H and O–H groups in total. The van der Waals surface area contributed by atoms with Crippen LogP contribution in [-0.4, -0.2) is 9.79 Å². The number of hydrogen-bond acceptors (Lipinski definition) is 3. The smallest absolute Gasteiger partial charge is 0.391 e. The van der Waals surface area contributed by atoms with Gasteiger partial charge in [-0.2, -0.15) is 0 Å². The third kappa shape index (κ3) is 8.16. The van der Waals surface area contributed by atoms with Gasteiger partial charge in [-0.25, -0.2) is 0 Å². The van der Waals surface area contributed by atoms with Gasteiger partial charge in [-0.05, 0) is 135 Å². The average molecular weight is 689 g/mol. The van der Waals surface area contributed by atoms with E-state index in [2.05, 4.69) is 148 Å². The Bertz CT molecular complexity index is 1640. The van der Waals surface area contributed by atoms with Gasteiger partial charge in [-0.3, -0.25) is 0 Å². The third-order valence-corrected chi connectivity index (χ3v) is 13.0. The Kier molecular flexibility index (Phi) is 12.5. The Balaban J connectivity index is 2.82. The lowest BCUT2D eigenvalue weighted by molar-refractivity contribution is 0.375. The highest BCUT2D eigenvalue weighted by Gasteiger charge is 2.36. The maximum atomic E-state index is 10.4. The molecule has 0 heterocycles. The predicted molar refractivity (Wildman–Crippen MR) is 215 cm³/mol. The van der Waals surface area contributed by atoms with E-state index in [0.717, 1.165) is 48.8 Å². The molecule has 3 aromatic rings. The van der Waals surface area contributed by atoms with Crippen LogP contribution in [0.4, 0.5) is 0 Å². The zero-order valence-corrected chi connectivity index (χ0v) is 35.1. The van der Waals surface area contributed by atoms with Crippen LogP contribution in [0.25, 0.3) is 22.3 Å². The highest BCUT2D eigenvalue weighted by molar-refractivity contribution is 7.39. The maximum absolute atomic E-state index is 10.4. The van der Waals surface area contributed by atoms with Gasteiger partial charge in [0.15, 0.2) is 0 Å². The molecule has 0 saturated heterocycles. The minimum absolute atomic E-state index is 0.0112. The summed E-state index contributed by atoms with van der Waals surface area (Å²) < 4.78 is 6.08. The molecule has 0 saturated carbocycles. The van der Waals surface area contributed by atoms with E-state index in [0.29, 0.717) is 5.75 Å². The first kappa shape index (κ1) is 41.2. The van der Waals surface area contributed by atoms with Crippen molar-refractivity contribution < 1.29 is 14.3 Å². The minimum Gasteiger partial charge on any atom is -0.426 e. The summed E-state index contributed by atoms with van der Waals surface area (Å²) in [6.07, 6.45) is 4.98. The molecule has 272 valence electrons. The van der Waals surface area contributed by atoms with E-state index in [-0.39, 0.29) is 27.1 Å². The molecule has 3 rings (SSSR count).